The van der Waals surface area contributed by atoms with E-state index in [1.165, 1.54) is 43.5 Å². The molecule has 2 nitrogen and oxygen atoms in total. The molecule has 0 aromatic heterocycles. The van der Waals surface area contributed by atoms with Crippen molar-refractivity contribution in [1.82, 2.24) is 4.90 Å². The minimum atomic E-state index is 0.109. The Labute approximate surface area is 104 Å². The second-order valence-corrected chi connectivity index (χ2v) is 5.68. The van der Waals surface area contributed by atoms with Crippen molar-refractivity contribution < 1.29 is 4.74 Å². The third-order valence-electron chi connectivity index (χ3n) is 4.16. The Morgan fingerprint density at radius 3 is 2.88 bits per heavy atom. The summed E-state index contributed by atoms with van der Waals surface area (Å²) in [5.74, 6) is 1.08. The predicted molar refractivity (Wildman–Crippen MR) is 69.6 cm³/mol. The summed E-state index contributed by atoms with van der Waals surface area (Å²) in [4.78, 5) is 2.53. The first-order chi connectivity index (χ1) is 8.17. The van der Waals surface area contributed by atoms with Crippen LogP contribution < -0.4 is 4.74 Å². The van der Waals surface area contributed by atoms with Crippen LogP contribution in [0.2, 0.25) is 0 Å². The zero-order valence-corrected chi connectivity index (χ0v) is 10.8. The van der Waals surface area contributed by atoms with Gasteiger partial charge in [0.1, 0.15) is 11.4 Å². The van der Waals surface area contributed by atoms with Crippen LogP contribution in [0.3, 0.4) is 0 Å². The minimum Gasteiger partial charge on any atom is -0.486 e. The van der Waals surface area contributed by atoms with Gasteiger partial charge in [0.05, 0.1) is 0 Å². The molecule has 0 spiro atoms. The second-order valence-electron chi connectivity index (χ2n) is 5.68. The molecule has 2 heteroatoms. The number of hydrogen-bond donors (Lipinski definition) is 0. The molecule has 3 rings (SSSR count). The number of ether oxygens (including phenoxy) is 1. The van der Waals surface area contributed by atoms with Crippen molar-refractivity contribution >= 4 is 0 Å². The van der Waals surface area contributed by atoms with Gasteiger partial charge < -0.3 is 4.74 Å². The Balaban J connectivity index is 1.82. The van der Waals surface area contributed by atoms with Crippen LogP contribution in [0.5, 0.6) is 5.75 Å². The monoisotopic (exact) mass is 231 g/mol. The summed E-state index contributed by atoms with van der Waals surface area (Å²) >= 11 is 0. The van der Waals surface area contributed by atoms with E-state index in [2.05, 4.69) is 36.9 Å². The van der Waals surface area contributed by atoms with E-state index < -0.39 is 0 Å². The van der Waals surface area contributed by atoms with Gasteiger partial charge >= 0.3 is 0 Å². The van der Waals surface area contributed by atoms with Gasteiger partial charge in [-0.1, -0.05) is 17.7 Å². The molecule has 2 fully saturated rings. The summed E-state index contributed by atoms with van der Waals surface area (Å²) in [5, 5.41) is 0. The van der Waals surface area contributed by atoms with Crippen molar-refractivity contribution in [2.45, 2.75) is 38.7 Å². The molecule has 1 unspecified atom stereocenters. The van der Waals surface area contributed by atoms with Crippen molar-refractivity contribution in [3.8, 4) is 5.75 Å². The van der Waals surface area contributed by atoms with Crippen molar-refractivity contribution in [3.05, 3.63) is 29.3 Å². The Morgan fingerprint density at radius 2 is 2.06 bits per heavy atom. The van der Waals surface area contributed by atoms with Gasteiger partial charge in [0, 0.05) is 19.5 Å². The Kier molecular flexibility index (Phi) is 2.62. The van der Waals surface area contributed by atoms with Crippen molar-refractivity contribution in [2.75, 3.05) is 19.6 Å². The van der Waals surface area contributed by atoms with E-state index in [-0.39, 0.29) is 5.60 Å². The highest BCUT2D eigenvalue weighted by molar-refractivity contribution is 5.36. The Morgan fingerprint density at radius 1 is 1.18 bits per heavy atom. The van der Waals surface area contributed by atoms with Crippen molar-refractivity contribution in [3.63, 3.8) is 0 Å². The van der Waals surface area contributed by atoms with Gasteiger partial charge in [-0.15, -0.1) is 0 Å². The molecule has 2 saturated heterocycles. The fourth-order valence-electron chi connectivity index (χ4n) is 3.23. The lowest BCUT2D eigenvalue weighted by Gasteiger charge is -2.35. The zero-order valence-electron chi connectivity index (χ0n) is 10.8. The van der Waals surface area contributed by atoms with E-state index >= 15 is 0 Å². The smallest absolute Gasteiger partial charge is 0.123 e. The Hall–Kier alpha value is -1.02. The molecule has 0 aliphatic carbocycles. The lowest BCUT2D eigenvalue weighted by Crippen LogP contribution is -2.43. The summed E-state index contributed by atoms with van der Waals surface area (Å²) in [6.45, 7) is 7.88. The van der Waals surface area contributed by atoms with E-state index in [0.29, 0.717) is 0 Å². The van der Waals surface area contributed by atoms with Gasteiger partial charge in [-0.05, 0) is 44.9 Å². The number of rotatable bonds is 2. The number of aryl methyl sites for hydroxylation is 2. The molecule has 2 atom stereocenters. The second kappa shape index (κ2) is 4.02. The van der Waals surface area contributed by atoms with Gasteiger partial charge in [-0.3, -0.25) is 4.90 Å². The van der Waals surface area contributed by atoms with Gasteiger partial charge in [0.15, 0.2) is 0 Å². The van der Waals surface area contributed by atoms with E-state index in [1.807, 2.05) is 0 Å². The third kappa shape index (κ3) is 2.06. The lowest BCUT2D eigenvalue weighted by atomic mass is 9.94. The van der Waals surface area contributed by atoms with Gasteiger partial charge in [-0.2, -0.15) is 0 Å². The largest absolute Gasteiger partial charge is 0.486 e. The molecule has 1 aromatic carbocycles. The summed E-state index contributed by atoms with van der Waals surface area (Å²) in [6, 6.07) is 6.49. The summed E-state index contributed by atoms with van der Waals surface area (Å²) in [6.07, 6.45) is 3.70. The van der Waals surface area contributed by atoms with E-state index in [1.54, 1.807) is 0 Å². The van der Waals surface area contributed by atoms with Crippen LogP contribution in [0.25, 0.3) is 0 Å². The maximum absolute atomic E-state index is 6.38. The SMILES string of the molecule is Cc1ccc(O[C@@]23CCCN(CC2)C3)c(C)c1. The van der Waals surface area contributed by atoms with Crippen LogP contribution >= 0.6 is 0 Å². The minimum absolute atomic E-state index is 0.109. The predicted octanol–water partition coefficient (Wildman–Crippen LogP) is 2.92. The first kappa shape index (κ1) is 11.1. The normalized spacial score (nSPS) is 31.5. The molecular formula is C15H21NO. The topological polar surface area (TPSA) is 12.5 Å². The van der Waals surface area contributed by atoms with Crippen LogP contribution in [0.1, 0.15) is 30.4 Å². The molecule has 2 aliphatic heterocycles. The molecule has 2 bridgehead atoms. The van der Waals surface area contributed by atoms with Gasteiger partial charge in [-0.25, -0.2) is 0 Å². The zero-order chi connectivity index (χ0) is 11.9. The number of nitrogens with zero attached hydrogens (tertiary/aromatic N) is 1. The first-order valence-corrected chi connectivity index (χ1v) is 6.66. The summed E-state index contributed by atoms with van der Waals surface area (Å²) < 4.78 is 6.38. The molecule has 0 saturated carbocycles. The highest BCUT2D eigenvalue weighted by Crippen LogP contribution is 2.36. The summed E-state index contributed by atoms with van der Waals surface area (Å²) in [5.41, 5.74) is 2.69. The van der Waals surface area contributed by atoms with Crippen molar-refractivity contribution in [2.24, 2.45) is 0 Å². The molecule has 17 heavy (non-hydrogen) atoms. The summed E-state index contributed by atoms with van der Waals surface area (Å²) in [7, 11) is 0. The van der Waals surface area contributed by atoms with E-state index in [4.69, 9.17) is 4.74 Å². The van der Waals surface area contributed by atoms with E-state index in [0.717, 1.165) is 12.3 Å². The molecule has 1 aromatic rings. The van der Waals surface area contributed by atoms with Gasteiger partial charge in [0.25, 0.3) is 0 Å². The molecule has 92 valence electrons. The molecule has 0 radical (unpaired) electrons. The Bertz CT molecular complexity index is 425. The van der Waals surface area contributed by atoms with Gasteiger partial charge in [0.2, 0.25) is 0 Å². The highest BCUT2D eigenvalue weighted by atomic mass is 16.5. The van der Waals surface area contributed by atoms with Crippen molar-refractivity contribution in [1.29, 1.82) is 0 Å². The number of fused-ring (bicyclic) bond motifs is 2. The van der Waals surface area contributed by atoms with Crippen LogP contribution in [-0.2, 0) is 0 Å². The number of hydrogen-bond acceptors (Lipinski definition) is 2. The van der Waals surface area contributed by atoms with Crippen LogP contribution in [0.15, 0.2) is 18.2 Å². The fraction of sp³-hybridized carbons (Fsp3) is 0.600. The van der Waals surface area contributed by atoms with Crippen LogP contribution in [-0.4, -0.2) is 30.1 Å². The molecule has 2 heterocycles. The standard InChI is InChI=1S/C15H21NO/c1-12-4-5-14(13(2)10-12)17-15-6-3-8-16(11-15)9-7-15/h4-5,10H,3,6-9,11H2,1-2H3/t15-/m0/s1. The lowest BCUT2D eigenvalue weighted by molar-refractivity contribution is 0.0446. The fourth-order valence-corrected chi connectivity index (χ4v) is 3.23. The molecule has 0 N–H and O–H groups in total. The van der Waals surface area contributed by atoms with Crippen LogP contribution in [0.4, 0.5) is 0 Å². The quantitative estimate of drug-likeness (QED) is 0.776. The average molecular weight is 231 g/mol. The van der Waals surface area contributed by atoms with E-state index in [9.17, 15) is 0 Å². The molecule has 0 amide bonds. The van der Waals surface area contributed by atoms with Crippen LogP contribution in [0, 0.1) is 13.8 Å². The first-order valence-electron chi connectivity index (χ1n) is 6.66. The maximum atomic E-state index is 6.38. The molecule has 2 aliphatic rings. The maximum Gasteiger partial charge on any atom is 0.123 e. The highest BCUT2D eigenvalue weighted by Gasteiger charge is 2.42. The number of benzene rings is 1. The number of piperidine rings is 1. The third-order valence-corrected chi connectivity index (χ3v) is 4.16. The molecular weight excluding hydrogens is 210 g/mol. The average Bonchev–Trinajstić information content (AvgIpc) is 2.59.